The van der Waals surface area contributed by atoms with Gasteiger partial charge in [0.1, 0.15) is 13.2 Å². The fourth-order valence-corrected chi connectivity index (χ4v) is 9.24. The van der Waals surface area contributed by atoms with Crippen molar-refractivity contribution in [2.24, 2.45) is 0 Å². The van der Waals surface area contributed by atoms with E-state index in [4.69, 9.17) is 9.05 Å². The Morgan fingerprint density at radius 3 is 1.31 bits per heavy atom. The van der Waals surface area contributed by atoms with Gasteiger partial charge in [-0.05, 0) is 70.6 Å². The van der Waals surface area contributed by atoms with Crippen molar-refractivity contribution in [1.29, 1.82) is 0 Å². The summed E-state index contributed by atoms with van der Waals surface area (Å²) in [7, 11) is 1.25. The van der Waals surface area contributed by atoms with E-state index in [1.165, 1.54) is 180 Å². The molecule has 0 aromatic rings. The Kier molecular flexibility index (Phi) is 51.3. The molecule has 0 aromatic carbocycles. The molecular formula is C62H115N2O6P. The van der Waals surface area contributed by atoms with Gasteiger partial charge in [-0.2, -0.15) is 0 Å². The number of nitrogens with zero attached hydrogens (tertiary/aromatic N) is 1. The van der Waals surface area contributed by atoms with Gasteiger partial charge < -0.3 is 28.8 Å². The number of phosphoric acid groups is 1. The van der Waals surface area contributed by atoms with E-state index in [1.54, 1.807) is 6.08 Å². The zero-order chi connectivity index (χ0) is 52.0. The van der Waals surface area contributed by atoms with Crippen LogP contribution in [-0.4, -0.2) is 68.5 Å². The quantitative estimate of drug-likeness (QED) is 0.0272. The zero-order valence-corrected chi connectivity index (χ0v) is 48.1. The lowest BCUT2D eigenvalue weighted by Crippen LogP contribution is -2.45. The second-order valence-corrected chi connectivity index (χ2v) is 22.7. The summed E-state index contributed by atoms with van der Waals surface area (Å²) in [5.74, 6) is -0.206. The molecule has 0 saturated carbocycles. The molecule has 0 aliphatic heterocycles. The van der Waals surface area contributed by atoms with Gasteiger partial charge in [-0.1, -0.05) is 260 Å². The molecular weight excluding hydrogens is 900 g/mol. The summed E-state index contributed by atoms with van der Waals surface area (Å²) in [6.07, 6.45) is 73.0. The number of phosphoric ester groups is 1. The van der Waals surface area contributed by atoms with Crippen LogP contribution in [0.1, 0.15) is 264 Å². The van der Waals surface area contributed by atoms with Crippen molar-refractivity contribution in [1.82, 2.24) is 5.32 Å². The molecule has 0 aromatic heterocycles. The van der Waals surface area contributed by atoms with Gasteiger partial charge >= 0.3 is 0 Å². The van der Waals surface area contributed by atoms with E-state index in [0.717, 1.165) is 64.2 Å². The highest BCUT2D eigenvalue weighted by Crippen LogP contribution is 2.38. The lowest BCUT2D eigenvalue weighted by atomic mass is 10.0. The third-order valence-corrected chi connectivity index (χ3v) is 14.1. The van der Waals surface area contributed by atoms with Gasteiger partial charge in [0.15, 0.2) is 0 Å². The van der Waals surface area contributed by atoms with Crippen LogP contribution in [0.4, 0.5) is 0 Å². The lowest BCUT2D eigenvalue weighted by Gasteiger charge is -2.29. The summed E-state index contributed by atoms with van der Waals surface area (Å²) in [6.45, 7) is 4.51. The summed E-state index contributed by atoms with van der Waals surface area (Å²) < 4.78 is 23.3. The third-order valence-electron chi connectivity index (χ3n) is 13.2. The molecule has 2 N–H and O–H groups in total. The van der Waals surface area contributed by atoms with E-state index in [9.17, 15) is 19.4 Å². The molecule has 414 valence electrons. The molecule has 0 fully saturated rings. The van der Waals surface area contributed by atoms with Crippen LogP contribution in [0.3, 0.4) is 0 Å². The number of carbonyl (C=O) groups is 1. The average molecular weight is 1020 g/mol. The molecule has 0 radical (unpaired) electrons. The van der Waals surface area contributed by atoms with Crippen molar-refractivity contribution in [3.63, 3.8) is 0 Å². The van der Waals surface area contributed by atoms with Gasteiger partial charge in [-0.3, -0.25) is 9.36 Å². The minimum Gasteiger partial charge on any atom is -0.756 e. The van der Waals surface area contributed by atoms with Crippen molar-refractivity contribution < 1.29 is 32.9 Å². The molecule has 1 amide bonds. The van der Waals surface area contributed by atoms with Gasteiger partial charge in [0.2, 0.25) is 5.91 Å². The Bertz CT molecular complexity index is 1380. The number of hydrogen-bond acceptors (Lipinski definition) is 6. The SMILES string of the molecule is CC/C=C\C/C=C\C/C=C\C/C=C\CCCCCCCCCCCCCCCCCCCCCCCCCCC(=O)NC(COP(=O)([O-])OCC[N+](C)(C)C)C(O)/C=C/CC/C=C/CCCCCCCC. The minimum atomic E-state index is -4.60. The van der Waals surface area contributed by atoms with Crippen molar-refractivity contribution in [2.45, 2.75) is 276 Å². The Labute approximate surface area is 440 Å². The Morgan fingerprint density at radius 2 is 0.873 bits per heavy atom. The highest BCUT2D eigenvalue weighted by molar-refractivity contribution is 7.45. The predicted octanol–water partition coefficient (Wildman–Crippen LogP) is 17.6. The highest BCUT2D eigenvalue weighted by Gasteiger charge is 2.23. The summed E-state index contributed by atoms with van der Waals surface area (Å²) in [5, 5.41) is 13.8. The van der Waals surface area contributed by atoms with Crippen molar-refractivity contribution >= 4 is 13.7 Å². The van der Waals surface area contributed by atoms with Gasteiger partial charge in [-0.25, -0.2) is 0 Å². The van der Waals surface area contributed by atoms with E-state index >= 15 is 0 Å². The van der Waals surface area contributed by atoms with Crippen LogP contribution in [0.5, 0.6) is 0 Å². The first-order valence-electron chi connectivity index (χ1n) is 29.8. The Hall–Kier alpha value is -2.06. The number of hydrogen-bond donors (Lipinski definition) is 2. The molecule has 9 heteroatoms. The largest absolute Gasteiger partial charge is 0.756 e. The fourth-order valence-electron chi connectivity index (χ4n) is 8.51. The first-order chi connectivity index (χ1) is 34.5. The number of unbranched alkanes of at least 4 members (excludes halogenated alkanes) is 31. The number of quaternary nitrogens is 1. The van der Waals surface area contributed by atoms with E-state index in [1.807, 2.05) is 27.2 Å². The molecule has 0 spiro atoms. The number of aliphatic hydroxyl groups is 1. The first kappa shape index (κ1) is 68.9. The van der Waals surface area contributed by atoms with E-state index in [0.29, 0.717) is 17.4 Å². The van der Waals surface area contributed by atoms with Crippen molar-refractivity contribution in [3.8, 4) is 0 Å². The van der Waals surface area contributed by atoms with Crippen molar-refractivity contribution in [3.05, 3.63) is 72.9 Å². The number of rotatable bonds is 54. The van der Waals surface area contributed by atoms with Crippen LogP contribution in [0.25, 0.3) is 0 Å². The number of amides is 1. The van der Waals surface area contributed by atoms with Crippen LogP contribution >= 0.6 is 7.82 Å². The minimum absolute atomic E-state index is 0.00662. The maximum Gasteiger partial charge on any atom is 0.268 e. The smallest absolute Gasteiger partial charge is 0.268 e. The van der Waals surface area contributed by atoms with E-state index in [-0.39, 0.29) is 12.5 Å². The predicted molar refractivity (Wildman–Crippen MR) is 307 cm³/mol. The molecule has 0 aliphatic rings. The number of aliphatic hydroxyl groups excluding tert-OH is 1. The molecule has 0 heterocycles. The summed E-state index contributed by atoms with van der Waals surface area (Å²) in [6, 6.07) is -0.902. The number of carbonyl (C=O) groups excluding carboxylic acids is 1. The zero-order valence-electron chi connectivity index (χ0n) is 47.2. The lowest BCUT2D eigenvalue weighted by molar-refractivity contribution is -0.870. The number of likely N-dealkylation sites (N-methyl/N-ethyl adjacent to an activating group) is 1. The van der Waals surface area contributed by atoms with Crippen molar-refractivity contribution in [2.75, 3.05) is 40.9 Å². The molecule has 0 saturated heterocycles. The number of nitrogens with one attached hydrogen (secondary N) is 1. The Morgan fingerprint density at radius 1 is 0.507 bits per heavy atom. The average Bonchev–Trinajstić information content (AvgIpc) is 3.33. The molecule has 0 rings (SSSR count). The maximum atomic E-state index is 12.9. The highest BCUT2D eigenvalue weighted by atomic mass is 31.2. The fraction of sp³-hybridized carbons (Fsp3) is 0.790. The van der Waals surface area contributed by atoms with E-state index < -0.39 is 26.6 Å². The Balaban J connectivity index is 3.92. The van der Waals surface area contributed by atoms with E-state index in [2.05, 4.69) is 79.9 Å². The molecule has 8 nitrogen and oxygen atoms in total. The van der Waals surface area contributed by atoms with Gasteiger partial charge in [0.25, 0.3) is 7.82 Å². The van der Waals surface area contributed by atoms with Gasteiger partial charge in [0.05, 0.1) is 39.9 Å². The first-order valence-corrected chi connectivity index (χ1v) is 31.3. The summed E-state index contributed by atoms with van der Waals surface area (Å²) in [5.41, 5.74) is 0. The van der Waals surface area contributed by atoms with Crippen LogP contribution in [0, 0.1) is 0 Å². The van der Waals surface area contributed by atoms with Crippen LogP contribution in [0.2, 0.25) is 0 Å². The van der Waals surface area contributed by atoms with Crippen LogP contribution < -0.4 is 10.2 Å². The summed E-state index contributed by atoms with van der Waals surface area (Å²) in [4.78, 5) is 25.4. The molecule has 3 unspecified atom stereocenters. The van der Waals surface area contributed by atoms with Gasteiger partial charge in [-0.15, -0.1) is 0 Å². The molecule has 71 heavy (non-hydrogen) atoms. The second-order valence-electron chi connectivity index (χ2n) is 21.3. The monoisotopic (exact) mass is 1010 g/mol. The normalized spacial score (nSPS) is 14.4. The van der Waals surface area contributed by atoms with Crippen LogP contribution in [0.15, 0.2) is 72.9 Å². The molecule has 0 bridgehead atoms. The third kappa shape index (κ3) is 55.5. The topological polar surface area (TPSA) is 108 Å². The maximum absolute atomic E-state index is 12.9. The van der Waals surface area contributed by atoms with Gasteiger partial charge in [0, 0.05) is 6.42 Å². The molecule has 3 atom stereocenters. The molecule has 0 aliphatic carbocycles. The second kappa shape index (κ2) is 52.8. The van der Waals surface area contributed by atoms with Crippen LogP contribution in [-0.2, 0) is 18.4 Å². The standard InChI is InChI=1S/C62H115N2O6P/c1-6-8-10-12-14-16-18-20-21-22-23-24-25-26-27-28-29-30-31-32-33-34-35-36-37-38-39-40-41-42-43-44-46-48-50-52-54-56-62(66)63-60(59-70-71(67,68)69-58-57-64(3,4)5)61(65)55-53-51-49-47-45-19-17-15-13-11-9-7-2/h8,10,14,16,20-21,23-24,45,47,53,55,60-61,65H,6-7,9,11-13,15,17-19,22,25-44,46,48-52,54,56-59H2,1-5H3,(H-,63,66,67,68)/b10-8-,16-14-,21-20-,24-23-,47-45+,55-53+. The summed E-state index contributed by atoms with van der Waals surface area (Å²) >= 11 is 0. The number of allylic oxidation sites excluding steroid dienone is 11.